The van der Waals surface area contributed by atoms with Crippen molar-refractivity contribution < 1.29 is 9.59 Å². The number of hydrogen-bond acceptors (Lipinski definition) is 3. The highest BCUT2D eigenvalue weighted by Gasteiger charge is 2.32. The molecule has 1 N–H and O–H groups in total. The maximum atomic E-state index is 12.5. The molecule has 1 atom stereocenters. The highest BCUT2D eigenvalue weighted by Crippen LogP contribution is 2.22. The molecule has 2 fully saturated rings. The quantitative estimate of drug-likeness (QED) is 0.828. The van der Waals surface area contributed by atoms with Crippen molar-refractivity contribution in [1.29, 1.82) is 0 Å². The predicted octanol–water partition coefficient (Wildman–Crippen LogP) is 1.90. The number of piperidine rings is 2. The van der Waals surface area contributed by atoms with Gasteiger partial charge in [0, 0.05) is 39.1 Å². The van der Waals surface area contributed by atoms with Crippen molar-refractivity contribution in [3.05, 3.63) is 0 Å². The molecular formula is C17H32ClN3O2. The van der Waals surface area contributed by atoms with Gasteiger partial charge in [-0.3, -0.25) is 9.59 Å². The maximum Gasteiger partial charge on any atom is 0.226 e. The Hall–Kier alpha value is -0.810. The van der Waals surface area contributed by atoms with E-state index in [2.05, 4.69) is 12.2 Å². The summed E-state index contributed by atoms with van der Waals surface area (Å²) in [5.41, 5.74) is 0. The second-order valence-corrected chi connectivity index (χ2v) is 6.76. The Morgan fingerprint density at radius 1 is 1.17 bits per heavy atom. The topological polar surface area (TPSA) is 52.7 Å². The van der Waals surface area contributed by atoms with Gasteiger partial charge in [-0.1, -0.05) is 13.3 Å². The van der Waals surface area contributed by atoms with Gasteiger partial charge in [0.1, 0.15) is 0 Å². The van der Waals surface area contributed by atoms with Gasteiger partial charge in [0.05, 0.1) is 5.92 Å². The zero-order valence-corrected chi connectivity index (χ0v) is 15.4. The van der Waals surface area contributed by atoms with Crippen molar-refractivity contribution in [1.82, 2.24) is 15.1 Å². The van der Waals surface area contributed by atoms with E-state index >= 15 is 0 Å². The molecule has 0 bridgehead atoms. The summed E-state index contributed by atoms with van der Waals surface area (Å²) in [4.78, 5) is 28.7. The van der Waals surface area contributed by atoms with Gasteiger partial charge < -0.3 is 15.1 Å². The zero-order valence-electron chi connectivity index (χ0n) is 14.6. The predicted molar refractivity (Wildman–Crippen MR) is 94.7 cm³/mol. The molecule has 2 saturated heterocycles. The first kappa shape index (κ1) is 20.2. The number of rotatable bonds is 5. The Balaban J connectivity index is 0.00000264. The van der Waals surface area contributed by atoms with E-state index in [4.69, 9.17) is 0 Å². The van der Waals surface area contributed by atoms with E-state index in [1.807, 2.05) is 16.8 Å². The minimum absolute atomic E-state index is 0. The molecule has 23 heavy (non-hydrogen) atoms. The molecule has 6 heteroatoms. The van der Waals surface area contributed by atoms with Gasteiger partial charge in [0.25, 0.3) is 0 Å². The molecule has 2 aliphatic rings. The third-order valence-electron chi connectivity index (χ3n) is 5.03. The minimum Gasteiger partial charge on any atom is -0.346 e. The number of nitrogens with one attached hydrogen (secondary N) is 1. The lowest BCUT2D eigenvalue weighted by atomic mass is 9.92. The van der Waals surface area contributed by atoms with Gasteiger partial charge in [-0.15, -0.1) is 12.4 Å². The monoisotopic (exact) mass is 345 g/mol. The number of amides is 2. The molecule has 0 aliphatic carbocycles. The first-order chi connectivity index (χ1) is 10.6. The number of carbonyl (C=O) groups is 2. The van der Waals surface area contributed by atoms with E-state index in [9.17, 15) is 9.59 Å². The van der Waals surface area contributed by atoms with E-state index in [0.717, 1.165) is 71.2 Å². The fourth-order valence-electron chi connectivity index (χ4n) is 3.48. The number of unbranched alkanes of at least 4 members (excludes halogenated alkanes) is 1. The van der Waals surface area contributed by atoms with E-state index in [-0.39, 0.29) is 36.1 Å². The van der Waals surface area contributed by atoms with Crippen LogP contribution in [0.15, 0.2) is 0 Å². The summed E-state index contributed by atoms with van der Waals surface area (Å²) in [5.74, 6) is 0.806. The van der Waals surface area contributed by atoms with E-state index < -0.39 is 0 Å². The molecule has 0 aromatic heterocycles. The summed E-state index contributed by atoms with van der Waals surface area (Å²) in [7, 11) is 1.91. The molecule has 2 heterocycles. The number of likely N-dealkylation sites (tertiary alicyclic amines) is 1. The van der Waals surface area contributed by atoms with Crippen molar-refractivity contribution in [2.45, 2.75) is 45.4 Å². The van der Waals surface area contributed by atoms with Crippen LogP contribution >= 0.6 is 12.4 Å². The molecular weight excluding hydrogens is 314 g/mol. The number of hydrogen-bond donors (Lipinski definition) is 1. The molecule has 2 aliphatic heterocycles. The SMILES string of the molecule is CCCCN(C)C(=O)C1CCN(C(=O)C2CCCNC2)CC1.Cl. The smallest absolute Gasteiger partial charge is 0.226 e. The maximum absolute atomic E-state index is 12.5. The second kappa shape index (κ2) is 10.1. The van der Waals surface area contributed by atoms with Gasteiger partial charge in [-0.05, 0) is 38.6 Å². The molecule has 1 unspecified atom stereocenters. The third kappa shape index (κ3) is 5.64. The Kier molecular flexibility index (Phi) is 8.92. The first-order valence-corrected chi connectivity index (χ1v) is 8.88. The molecule has 0 saturated carbocycles. The van der Waals surface area contributed by atoms with Gasteiger partial charge in [-0.25, -0.2) is 0 Å². The molecule has 0 radical (unpaired) electrons. The van der Waals surface area contributed by atoms with Gasteiger partial charge >= 0.3 is 0 Å². The van der Waals surface area contributed by atoms with Crippen LogP contribution in [-0.2, 0) is 9.59 Å². The van der Waals surface area contributed by atoms with Gasteiger partial charge in [0.2, 0.25) is 11.8 Å². The fourth-order valence-corrected chi connectivity index (χ4v) is 3.48. The minimum atomic E-state index is 0. The summed E-state index contributed by atoms with van der Waals surface area (Å²) in [5, 5.41) is 3.31. The Morgan fingerprint density at radius 3 is 2.43 bits per heavy atom. The van der Waals surface area contributed by atoms with E-state index in [1.54, 1.807) is 0 Å². The van der Waals surface area contributed by atoms with Crippen molar-refractivity contribution in [2.24, 2.45) is 11.8 Å². The lowest BCUT2D eigenvalue weighted by Gasteiger charge is -2.36. The summed E-state index contributed by atoms with van der Waals surface area (Å²) >= 11 is 0. The molecule has 134 valence electrons. The van der Waals surface area contributed by atoms with Crippen LogP contribution < -0.4 is 5.32 Å². The number of carbonyl (C=O) groups excluding carboxylic acids is 2. The average Bonchev–Trinajstić information content (AvgIpc) is 2.59. The summed E-state index contributed by atoms with van der Waals surface area (Å²) in [6.07, 6.45) is 5.91. The standard InChI is InChI=1S/C17H31N3O2.ClH/c1-3-4-10-19(2)16(21)14-7-11-20(12-8-14)17(22)15-6-5-9-18-13-15;/h14-15,18H,3-13H2,1-2H3;1H. The Bertz CT molecular complexity index is 378. The van der Waals surface area contributed by atoms with Crippen molar-refractivity contribution in [2.75, 3.05) is 39.8 Å². The Morgan fingerprint density at radius 2 is 1.87 bits per heavy atom. The van der Waals surface area contributed by atoms with Gasteiger partial charge in [0.15, 0.2) is 0 Å². The summed E-state index contributed by atoms with van der Waals surface area (Å²) < 4.78 is 0. The van der Waals surface area contributed by atoms with Crippen LogP contribution in [0.5, 0.6) is 0 Å². The van der Waals surface area contributed by atoms with Crippen LogP contribution in [0.2, 0.25) is 0 Å². The molecule has 0 aromatic carbocycles. The molecule has 0 aromatic rings. The number of nitrogens with zero attached hydrogens (tertiary/aromatic N) is 2. The van der Waals surface area contributed by atoms with Crippen molar-refractivity contribution in [3.8, 4) is 0 Å². The first-order valence-electron chi connectivity index (χ1n) is 8.88. The average molecular weight is 346 g/mol. The lowest BCUT2D eigenvalue weighted by molar-refractivity contribution is -0.142. The van der Waals surface area contributed by atoms with Crippen molar-refractivity contribution in [3.63, 3.8) is 0 Å². The van der Waals surface area contributed by atoms with Gasteiger partial charge in [-0.2, -0.15) is 0 Å². The summed E-state index contributed by atoms with van der Waals surface area (Å²) in [6, 6.07) is 0. The molecule has 2 amide bonds. The second-order valence-electron chi connectivity index (χ2n) is 6.76. The molecule has 2 rings (SSSR count). The summed E-state index contributed by atoms with van der Waals surface area (Å²) in [6.45, 7) is 6.33. The molecule has 5 nitrogen and oxygen atoms in total. The normalized spacial score (nSPS) is 22.3. The van der Waals surface area contributed by atoms with Crippen LogP contribution in [0.4, 0.5) is 0 Å². The Labute approximate surface area is 146 Å². The van der Waals surface area contributed by atoms with Crippen LogP contribution in [0, 0.1) is 11.8 Å². The van der Waals surface area contributed by atoms with Crippen LogP contribution in [-0.4, -0.2) is 61.4 Å². The largest absolute Gasteiger partial charge is 0.346 e. The lowest BCUT2D eigenvalue weighted by Crippen LogP contribution is -2.48. The highest BCUT2D eigenvalue weighted by atomic mass is 35.5. The zero-order chi connectivity index (χ0) is 15.9. The highest BCUT2D eigenvalue weighted by molar-refractivity contribution is 5.85. The number of halogens is 1. The van der Waals surface area contributed by atoms with E-state index in [1.165, 1.54) is 0 Å². The van der Waals surface area contributed by atoms with Crippen LogP contribution in [0.25, 0.3) is 0 Å². The fraction of sp³-hybridized carbons (Fsp3) is 0.882. The third-order valence-corrected chi connectivity index (χ3v) is 5.03. The van der Waals surface area contributed by atoms with Crippen LogP contribution in [0.3, 0.4) is 0 Å². The van der Waals surface area contributed by atoms with Crippen LogP contribution in [0.1, 0.15) is 45.4 Å². The molecule has 0 spiro atoms. The van der Waals surface area contributed by atoms with E-state index in [0.29, 0.717) is 0 Å². The van der Waals surface area contributed by atoms with Crippen molar-refractivity contribution >= 4 is 24.2 Å².